The van der Waals surface area contributed by atoms with Crippen molar-refractivity contribution in [3.63, 3.8) is 0 Å². The van der Waals surface area contributed by atoms with Gasteiger partial charge in [-0.05, 0) is 51.3 Å². The maximum absolute atomic E-state index is 13.0. The fraction of sp³-hybridized carbons (Fsp3) is 0.667. The highest BCUT2D eigenvalue weighted by molar-refractivity contribution is 6.41. The van der Waals surface area contributed by atoms with Gasteiger partial charge in [-0.15, -0.1) is 5.10 Å². The smallest absolute Gasteiger partial charge is 0.270 e. The predicted octanol–water partition coefficient (Wildman–Crippen LogP) is 3.64. The van der Waals surface area contributed by atoms with Crippen LogP contribution >= 0.6 is 0 Å². The van der Waals surface area contributed by atoms with Gasteiger partial charge in [0.1, 0.15) is 5.71 Å². The van der Waals surface area contributed by atoms with Crippen molar-refractivity contribution in [1.82, 2.24) is 10.2 Å². The van der Waals surface area contributed by atoms with Gasteiger partial charge in [0.25, 0.3) is 5.91 Å². The summed E-state index contributed by atoms with van der Waals surface area (Å²) in [7, 11) is 0. The molecular weight excluding hydrogens is 324 g/mol. The molecule has 5 nitrogen and oxygen atoms in total. The molecule has 0 saturated heterocycles. The number of amides is 1. The first-order valence-electron chi connectivity index (χ1n) is 9.99. The van der Waals surface area contributed by atoms with E-state index in [-0.39, 0.29) is 11.3 Å². The Balaban J connectivity index is 1.43. The molecule has 1 N–H and O–H groups in total. The van der Waals surface area contributed by atoms with Gasteiger partial charge < -0.3 is 10.2 Å². The summed E-state index contributed by atoms with van der Waals surface area (Å²) in [6.45, 7) is 10.1. The number of hydrogen-bond donors (Lipinski definition) is 1. The summed E-state index contributed by atoms with van der Waals surface area (Å²) < 4.78 is 0. The molecule has 2 fully saturated rings. The minimum Gasteiger partial charge on any atom is -0.365 e. The fourth-order valence-corrected chi connectivity index (χ4v) is 4.03. The topological polar surface area (TPSA) is 57.1 Å². The maximum Gasteiger partial charge on any atom is 0.270 e. The molecule has 2 heterocycles. The summed E-state index contributed by atoms with van der Waals surface area (Å²) in [5, 5.41) is 12.3. The second-order valence-corrected chi connectivity index (χ2v) is 8.70. The molecule has 5 heteroatoms. The fourth-order valence-electron chi connectivity index (χ4n) is 4.03. The van der Waals surface area contributed by atoms with Crippen molar-refractivity contribution >= 4 is 17.3 Å². The lowest BCUT2D eigenvalue weighted by Gasteiger charge is -2.30. The highest BCUT2D eigenvalue weighted by atomic mass is 16.2. The summed E-state index contributed by atoms with van der Waals surface area (Å²) in [5.74, 6) is 0.908. The summed E-state index contributed by atoms with van der Waals surface area (Å²) in [4.78, 5) is 14.9. The van der Waals surface area contributed by atoms with Crippen LogP contribution in [0.3, 0.4) is 0 Å². The molecule has 1 amide bonds. The van der Waals surface area contributed by atoms with E-state index in [0.29, 0.717) is 24.1 Å². The number of hydrogen-bond acceptors (Lipinski definition) is 4. The van der Waals surface area contributed by atoms with Gasteiger partial charge >= 0.3 is 0 Å². The number of allylic oxidation sites excluding steroid dienone is 1. The second-order valence-electron chi connectivity index (χ2n) is 8.70. The molecule has 4 rings (SSSR count). The van der Waals surface area contributed by atoms with Crippen molar-refractivity contribution in [2.75, 3.05) is 13.1 Å². The van der Waals surface area contributed by atoms with E-state index in [4.69, 9.17) is 0 Å². The zero-order chi connectivity index (χ0) is 18.5. The van der Waals surface area contributed by atoms with Crippen LogP contribution in [0.1, 0.15) is 59.8 Å². The van der Waals surface area contributed by atoms with Gasteiger partial charge in [-0.1, -0.05) is 19.4 Å². The summed E-state index contributed by atoms with van der Waals surface area (Å²) in [5.41, 5.74) is 6.07. The lowest BCUT2D eigenvalue weighted by atomic mass is 9.95. The molecule has 0 spiro atoms. The molecule has 4 aliphatic rings. The van der Waals surface area contributed by atoms with Crippen LogP contribution in [0, 0.1) is 17.3 Å². The highest BCUT2D eigenvalue weighted by Gasteiger charge is 2.57. The molecule has 140 valence electrons. The third-order valence-corrected chi connectivity index (χ3v) is 6.51. The Bertz CT molecular complexity index is 754. The molecule has 26 heavy (non-hydrogen) atoms. The van der Waals surface area contributed by atoms with Crippen molar-refractivity contribution in [3.8, 4) is 0 Å². The number of carbonyl (C=O) groups is 1. The van der Waals surface area contributed by atoms with Gasteiger partial charge in [0.2, 0.25) is 0 Å². The number of fused-ring (bicyclic) bond motifs is 1. The van der Waals surface area contributed by atoms with E-state index in [9.17, 15) is 4.79 Å². The maximum atomic E-state index is 13.0. The average Bonchev–Trinajstić information content (AvgIpc) is 3.55. The first kappa shape index (κ1) is 17.5. The largest absolute Gasteiger partial charge is 0.365 e. The third-order valence-electron chi connectivity index (χ3n) is 6.51. The Morgan fingerprint density at radius 3 is 2.77 bits per heavy atom. The SMILES string of the molecule is CCC(C)=CNC1=C(C)CN(C(=O)C2=NN=C(C3(C)CC3)C3CC23)CC1. The molecule has 0 aromatic rings. The molecule has 0 aromatic carbocycles. The van der Waals surface area contributed by atoms with E-state index in [1.165, 1.54) is 35.4 Å². The minimum absolute atomic E-state index is 0.0972. The first-order chi connectivity index (χ1) is 12.4. The lowest BCUT2D eigenvalue weighted by molar-refractivity contribution is -0.124. The molecular formula is C21H30N4O. The lowest BCUT2D eigenvalue weighted by Crippen LogP contribution is -2.43. The molecule has 2 aliphatic carbocycles. The first-order valence-corrected chi connectivity index (χ1v) is 9.99. The van der Waals surface area contributed by atoms with Gasteiger partial charge in [0, 0.05) is 42.5 Å². The van der Waals surface area contributed by atoms with Crippen LogP contribution < -0.4 is 5.32 Å². The molecule has 2 unspecified atom stereocenters. The molecule has 2 aliphatic heterocycles. The molecule has 0 bridgehead atoms. The van der Waals surface area contributed by atoms with Crippen LogP contribution in [0.25, 0.3) is 0 Å². The molecule has 0 aromatic heterocycles. The van der Waals surface area contributed by atoms with Crippen molar-refractivity contribution in [3.05, 3.63) is 23.0 Å². The van der Waals surface area contributed by atoms with Gasteiger partial charge in [-0.3, -0.25) is 4.79 Å². The quantitative estimate of drug-likeness (QED) is 0.819. The van der Waals surface area contributed by atoms with E-state index in [2.05, 4.69) is 49.4 Å². The van der Waals surface area contributed by atoms with Crippen LogP contribution in [0.4, 0.5) is 0 Å². The monoisotopic (exact) mass is 354 g/mol. The van der Waals surface area contributed by atoms with E-state index in [0.717, 1.165) is 25.8 Å². The Labute approximate surface area is 156 Å². The van der Waals surface area contributed by atoms with E-state index in [1.54, 1.807) is 0 Å². The zero-order valence-electron chi connectivity index (χ0n) is 16.4. The number of carbonyl (C=O) groups excluding carboxylic acids is 1. The van der Waals surface area contributed by atoms with E-state index in [1.807, 2.05) is 4.90 Å². The third kappa shape index (κ3) is 3.12. The standard InChI is InChI=1S/C21H30N4O/c1-5-13(2)11-22-17-6-9-25(12-14(17)3)20(26)18-15-10-16(15)19(24-23-18)21(4)7-8-21/h11,15-16,22H,5-10,12H2,1-4H3. The van der Waals surface area contributed by atoms with Crippen molar-refractivity contribution < 1.29 is 4.79 Å². The molecule has 2 atom stereocenters. The number of nitrogens with one attached hydrogen (secondary N) is 1. The Hall–Kier alpha value is -1.91. The average molecular weight is 354 g/mol. The van der Waals surface area contributed by atoms with Crippen LogP contribution in [0.2, 0.25) is 0 Å². The van der Waals surface area contributed by atoms with Crippen molar-refractivity contribution in [2.24, 2.45) is 27.5 Å². The summed E-state index contributed by atoms with van der Waals surface area (Å²) in [6.07, 6.45) is 7.53. The van der Waals surface area contributed by atoms with Crippen LogP contribution in [0.15, 0.2) is 33.2 Å². The Morgan fingerprint density at radius 2 is 2.12 bits per heavy atom. The van der Waals surface area contributed by atoms with Crippen molar-refractivity contribution in [1.29, 1.82) is 0 Å². The number of rotatable bonds is 5. The van der Waals surface area contributed by atoms with Crippen LogP contribution in [0.5, 0.6) is 0 Å². The summed E-state index contributed by atoms with van der Waals surface area (Å²) in [6, 6.07) is 0. The zero-order valence-corrected chi connectivity index (χ0v) is 16.4. The second kappa shape index (κ2) is 6.36. The van der Waals surface area contributed by atoms with Gasteiger partial charge in [-0.25, -0.2) is 0 Å². The van der Waals surface area contributed by atoms with Gasteiger partial charge in [-0.2, -0.15) is 5.10 Å². The van der Waals surface area contributed by atoms with Gasteiger partial charge in [0.15, 0.2) is 0 Å². The Morgan fingerprint density at radius 1 is 1.35 bits per heavy atom. The van der Waals surface area contributed by atoms with Crippen LogP contribution in [-0.2, 0) is 4.79 Å². The predicted molar refractivity (Wildman–Crippen MR) is 105 cm³/mol. The molecule has 0 radical (unpaired) electrons. The normalized spacial score (nSPS) is 29.7. The van der Waals surface area contributed by atoms with E-state index >= 15 is 0 Å². The van der Waals surface area contributed by atoms with Gasteiger partial charge in [0.05, 0.1) is 5.71 Å². The highest BCUT2D eigenvalue weighted by Crippen LogP contribution is 2.56. The van der Waals surface area contributed by atoms with Crippen LogP contribution in [-0.4, -0.2) is 35.3 Å². The minimum atomic E-state index is 0.0972. The summed E-state index contributed by atoms with van der Waals surface area (Å²) >= 11 is 0. The van der Waals surface area contributed by atoms with Crippen molar-refractivity contribution in [2.45, 2.75) is 59.8 Å². The van der Waals surface area contributed by atoms with E-state index < -0.39 is 0 Å². The molecule has 2 saturated carbocycles. The Kier molecular flexibility index (Phi) is 4.28. The number of nitrogens with zero attached hydrogens (tertiary/aromatic N) is 3.